The lowest BCUT2D eigenvalue weighted by atomic mass is 9.99. The smallest absolute Gasteiger partial charge is 0.379 e. The first-order valence-corrected chi connectivity index (χ1v) is 5.86. The van der Waals surface area contributed by atoms with Crippen molar-refractivity contribution in [3.05, 3.63) is 27.8 Å². The molecule has 5 heteroatoms. The minimum absolute atomic E-state index is 0.144. The molecule has 0 aliphatic carbocycles. The topological polar surface area (TPSA) is 52.6 Å². The van der Waals surface area contributed by atoms with Crippen LogP contribution >= 0.6 is 11.6 Å². The molecule has 0 saturated carbocycles. The van der Waals surface area contributed by atoms with Crippen LogP contribution in [0.1, 0.15) is 28.4 Å². The van der Waals surface area contributed by atoms with E-state index >= 15 is 0 Å². The predicted molar refractivity (Wildman–Crippen MR) is 68.4 cm³/mol. The van der Waals surface area contributed by atoms with Crippen molar-refractivity contribution in [3.63, 3.8) is 0 Å². The van der Waals surface area contributed by atoms with E-state index in [9.17, 15) is 9.59 Å². The number of carbonyl (C=O) groups is 2. The molecule has 0 N–H and O–H groups in total. The molecule has 0 aliphatic heterocycles. The quantitative estimate of drug-likeness (QED) is 0.480. The minimum atomic E-state index is -0.902. The summed E-state index contributed by atoms with van der Waals surface area (Å²) in [5, 5.41) is 0.299. The van der Waals surface area contributed by atoms with Gasteiger partial charge in [-0.2, -0.15) is 0 Å². The summed E-state index contributed by atoms with van der Waals surface area (Å²) in [4.78, 5) is 23.5. The minimum Gasteiger partial charge on any atom is -0.494 e. The molecule has 0 radical (unpaired) electrons. The number of benzene rings is 1. The van der Waals surface area contributed by atoms with E-state index in [1.54, 1.807) is 19.9 Å². The van der Waals surface area contributed by atoms with E-state index in [4.69, 9.17) is 21.1 Å². The number of carbonyl (C=O) groups excluding carboxylic acids is 2. The monoisotopic (exact) mass is 270 g/mol. The molecule has 0 spiro atoms. The Balaban J connectivity index is 3.38. The molecule has 0 amide bonds. The van der Waals surface area contributed by atoms with Crippen LogP contribution in [0.15, 0.2) is 6.07 Å². The van der Waals surface area contributed by atoms with Crippen LogP contribution in [0.4, 0.5) is 0 Å². The van der Waals surface area contributed by atoms with E-state index in [-0.39, 0.29) is 17.9 Å². The van der Waals surface area contributed by atoms with Crippen LogP contribution in [0.5, 0.6) is 5.75 Å². The van der Waals surface area contributed by atoms with Gasteiger partial charge < -0.3 is 9.47 Å². The van der Waals surface area contributed by atoms with Gasteiger partial charge >= 0.3 is 5.97 Å². The van der Waals surface area contributed by atoms with Gasteiger partial charge in [0, 0.05) is 0 Å². The van der Waals surface area contributed by atoms with E-state index in [0.717, 1.165) is 5.56 Å². The Kier molecular flexibility index (Phi) is 4.73. The van der Waals surface area contributed by atoms with Crippen LogP contribution in [0.3, 0.4) is 0 Å². The lowest BCUT2D eigenvalue weighted by Gasteiger charge is -2.14. The molecule has 1 aromatic rings. The molecule has 18 heavy (non-hydrogen) atoms. The molecule has 0 atom stereocenters. The molecule has 1 rings (SSSR count). The summed E-state index contributed by atoms with van der Waals surface area (Å²) >= 11 is 6.00. The third-order valence-electron chi connectivity index (χ3n) is 2.65. The van der Waals surface area contributed by atoms with Crippen LogP contribution in [0, 0.1) is 13.8 Å². The lowest BCUT2D eigenvalue weighted by Crippen LogP contribution is -2.20. The van der Waals surface area contributed by atoms with E-state index in [1.165, 1.54) is 7.11 Å². The highest BCUT2D eigenvalue weighted by Crippen LogP contribution is 2.33. The van der Waals surface area contributed by atoms with E-state index in [1.807, 2.05) is 6.92 Å². The molecule has 0 heterocycles. The SMILES string of the molecule is CCOC(=O)C(=O)c1c(C)c(C)cc(Cl)c1OC. The Labute approximate surface area is 111 Å². The Morgan fingerprint density at radius 2 is 1.94 bits per heavy atom. The number of ether oxygens (including phenoxy) is 2. The van der Waals surface area contributed by atoms with Gasteiger partial charge in [-0.25, -0.2) is 4.79 Å². The van der Waals surface area contributed by atoms with E-state index < -0.39 is 11.8 Å². The third kappa shape index (κ3) is 2.64. The maximum absolute atomic E-state index is 12.0. The Morgan fingerprint density at radius 1 is 1.33 bits per heavy atom. The van der Waals surface area contributed by atoms with Crippen molar-refractivity contribution in [1.82, 2.24) is 0 Å². The fraction of sp³-hybridized carbons (Fsp3) is 0.385. The highest BCUT2D eigenvalue weighted by atomic mass is 35.5. The number of aryl methyl sites for hydroxylation is 1. The highest BCUT2D eigenvalue weighted by molar-refractivity contribution is 6.43. The normalized spacial score (nSPS) is 10.1. The van der Waals surface area contributed by atoms with Gasteiger partial charge in [0.05, 0.1) is 24.3 Å². The number of esters is 1. The summed E-state index contributed by atoms with van der Waals surface area (Å²) < 4.78 is 9.81. The number of rotatable bonds is 4. The second-order valence-electron chi connectivity index (χ2n) is 3.76. The van der Waals surface area contributed by atoms with Crippen molar-refractivity contribution in [2.45, 2.75) is 20.8 Å². The van der Waals surface area contributed by atoms with Crippen LogP contribution in [-0.4, -0.2) is 25.5 Å². The standard InChI is InChI=1S/C13H15ClO4/c1-5-18-13(16)11(15)10-8(3)7(2)6-9(14)12(10)17-4/h6H,5H2,1-4H3. The molecule has 4 nitrogen and oxygen atoms in total. The molecule has 1 aromatic carbocycles. The van der Waals surface area contributed by atoms with Crippen molar-refractivity contribution in [1.29, 1.82) is 0 Å². The number of ketones is 1. The summed E-state index contributed by atoms with van der Waals surface area (Å²) in [6.07, 6.45) is 0. The van der Waals surface area contributed by atoms with Gasteiger partial charge in [-0.3, -0.25) is 4.79 Å². The average Bonchev–Trinajstić information content (AvgIpc) is 2.32. The molecule has 0 fully saturated rings. The fourth-order valence-corrected chi connectivity index (χ4v) is 1.96. The van der Waals surface area contributed by atoms with Crippen molar-refractivity contribution < 1.29 is 19.1 Å². The van der Waals surface area contributed by atoms with E-state index in [2.05, 4.69) is 0 Å². The van der Waals surface area contributed by atoms with Crippen LogP contribution < -0.4 is 4.74 Å². The van der Waals surface area contributed by atoms with Crippen LogP contribution in [-0.2, 0) is 9.53 Å². The van der Waals surface area contributed by atoms with Crippen molar-refractivity contribution >= 4 is 23.4 Å². The van der Waals surface area contributed by atoms with Crippen LogP contribution in [0.2, 0.25) is 5.02 Å². The Morgan fingerprint density at radius 3 is 2.44 bits per heavy atom. The lowest BCUT2D eigenvalue weighted by molar-refractivity contribution is -0.137. The maximum Gasteiger partial charge on any atom is 0.379 e. The van der Waals surface area contributed by atoms with Crippen molar-refractivity contribution in [3.8, 4) is 5.75 Å². The van der Waals surface area contributed by atoms with Gasteiger partial charge in [-0.1, -0.05) is 11.6 Å². The second kappa shape index (κ2) is 5.87. The molecule has 0 unspecified atom stereocenters. The first-order chi connectivity index (χ1) is 8.43. The summed E-state index contributed by atoms with van der Waals surface area (Å²) in [5.41, 5.74) is 1.64. The second-order valence-corrected chi connectivity index (χ2v) is 4.17. The molecular weight excluding hydrogens is 256 g/mol. The highest BCUT2D eigenvalue weighted by Gasteiger charge is 2.26. The predicted octanol–water partition coefficient (Wildman–Crippen LogP) is 2.71. The summed E-state index contributed by atoms with van der Waals surface area (Å²) in [7, 11) is 1.40. The summed E-state index contributed by atoms with van der Waals surface area (Å²) in [6.45, 7) is 5.33. The van der Waals surface area contributed by atoms with Gasteiger partial charge in [0.2, 0.25) is 0 Å². The number of hydrogen-bond acceptors (Lipinski definition) is 4. The molecule has 0 aromatic heterocycles. The number of halogens is 1. The zero-order chi connectivity index (χ0) is 13.9. The Bertz CT molecular complexity index is 494. The first kappa shape index (κ1) is 14.5. The molecular formula is C13H15ClO4. The number of methoxy groups -OCH3 is 1. The molecule has 98 valence electrons. The summed E-state index contributed by atoms with van der Waals surface area (Å²) in [6, 6.07) is 1.69. The fourth-order valence-electron chi connectivity index (χ4n) is 1.62. The van der Waals surface area contributed by atoms with Crippen molar-refractivity contribution in [2.75, 3.05) is 13.7 Å². The van der Waals surface area contributed by atoms with Gasteiger partial charge in [-0.15, -0.1) is 0 Å². The Hall–Kier alpha value is -1.55. The molecule has 0 saturated heterocycles. The third-order valence-corrected chi connectivity index (χ3v) is 2.93. The first-order valence-electron chi connectivity index (χ1n) is 5.49. The average molecular weight is 271 g/mol. The number of Topliss-reactive ketones (excluding diaryl/α,β-unsaturated/α-hetero) is 1. The zero-order valence-corrected chi connectivity index (χ0v) is 11.6. The van der Waals surface area contributed by atoms with Crippen LogP contribution in [0.25, 0.3) is 0 Å². The maximum atomic E-state index is 12.0. The molecule has 0 aliphatic rings. The number of hydrogen-bond donors (Lipinski definition) is 0. The van der Waals surface area contributed by atoms with Gasteiger partial charge in [0.1, 0.15) is 5.75 Å². The van der Waals surface area contributed by atoms with Gasteiger partial charge in [0.15, 0.2) is 0 Å². The van der Waals surface area contributed by atoms with E-state index in [0.29, 0.717) is 10.6 Å². The zero-order valence-electron chi connectivity index (χ0n) is 10.8. The van der Waals surface area contributed by atoms with Gasteiger partial charge in [-0.05, 0) is 38.0 Å². The molecule has 0 bridgehead atoms. The van der Waals surface area contributed by atoms with Gasteiger partial charge in [0.25, 0.3) is 5.78 Å². The van der Waals surface area contributed by atoms with Crippen molar-refractivity contribution in [2.24, 2.45) is 0 Å². The largest absolute Gasteiger partial charge is 0.494 e. The summed E-state index contributed by atoms with van der Waals surface area (Å²) in [5.74, 6) is -1.44.